The van der Waals surface area contributed by atoms with Crippen LogP contribution in [-0.4, -0.2) is 27.9 Å². The molecule has 29 heavy (non-hydrogen) atoms. The maximum Gasteiger partial charge on any atom is 0.335 e. The largest absolute Gasteiger partial charge is 0.501 e. The van der Waals surface area contributed by atoms with E-state index in [0.717, 1.165) is 28.2 Å². The monoisotopic (exact) mass is 507 g/mol. The van der Waals surface area contributed by atoms with Gasteiger partial charge in [-0.1, -0.05) is 6.07 Å². The third-order valence-electron chi connectivity index (χ3n) is 4.42. The van der Waals surface area contributed by atoms with E-state index in [1.165, 1.54) is 6.07 Å². The van der Waals surface area contributed by atoms with Gasteiger partial charge in [0.2, 0.25) is 5.75 Å². The predicted octanol–water partition coefficient (Wildman–Crippen LogP) is 3.19. The van der Waals surface area contributed by atoms with E-state index in [2.05, 4.69) is 5.32 Å². The van der Waals surface area contributed by atoms with Crippen molar-refractivity contribution in [1.29, 1.82) is 0 Å². The molecule has 2 aromatic carbocycles. The number of amides is 4. The van der Waals surface area contributed by atoms with E-state index < -0.39 is 34.2 Å². The number of hydrogen-bond acceptors (Lipinski definition) is 6. The number of nitro groups is 1. The number of carbonyl (C=O) groups excluding carboxylic acids is 3. The first-order chi connectivity index (χ1) is 13.6. The Morgan fingerprint density at radius 2 is 1.83 bits per heavy atom. The molecule has 0 radical (unpaired) electrons. The Morgan fingerprint density at radius 1 is 1.14 bits per heavy atom. The highest BCUT2D eigenvalue weighted by Crippen LogP contribution is 2.33. The molecular weight excluding hydrogens is 493 g/mol. The zero-order chi connectivity index (χ0) is 21.5. The quantitative estimate of drug-likeness (QED) is 0.216. The topological polar surface area (TPSA) is 130 Å². The van der Waals surface area contributed by atoms with Gasteiger partial charge in [0, 0.05) is 6.07 Å². The van der Waals surface area contributed by atoms with Crippen LogP contribution in [0.4, 0.5) is 16.2 Å². The third-order valence-corrected chi connectivity index (χ3v) is 5.25. The number of nitro benzene ring substituents is 1. The molecule has 0 spiro atoms. The highest BCUT2D eigenvalue weighted by Gasteiger charge is 2.37. The molecule has 1 saturated heterocycles. The average molecular weight is 507 g/mol. The van der Waals surface area contributed by atoms with E-state index in [0.29, 0.717) is 5.69 Å². The summed E-state index contributed by atoms with van der Waals surface area (Å²) in [6.07, 6.45) is 1.15. The molecule has 0 bridgehead atoms. The highest BCUT2D eigenvalue weighted by molar-refractivity contribution is 14.1. The molecule has 1 heterocycles. The smallest absolute Gasteiger partial charge is 0.335 e. The fourth-order valence-electron chi connectivity index (χ4n) is 2.75. The summed E-state index contributed by atoms with van der Waals surface area (Å²) in [6.45, 7) is 3.70. The van der Waals surface area contributed by atoms with Crippen LogP contribution in [0.1, 0.15) is 16.7 Å². The van der Waals surface area contributed by atoms with Crippen molar-refractivity contribution < 1.29 is 24.4 Å². The Bertz CT molecular complexity index is 1130. The lowest BCUT2D eigenvalue weighted by Crippen LogP contribution is -2.54. The number of aryl methyl sites for hydroxylation is 2. The number of nitrogens with zero attached hydrogens (tertiary/aromatic N) is 2. The minimum atomic E-state index is -0.911. The Kier molecular flexibility index (Phi) is 5.38. The number of phenols is 1. The van der Waals surface area contributed by atoms with E-state index in [4.69, 9.17) is 0 Å². The first kappa shape index (κ1) is 20.5. The van der Waals surface area contributed by atoms with Crippen molar-refractivity contribution in [2.45, 2.75) is 13.8 Å². The lowest BCUT2D eigenvalue weighted by Gasteiger charge is -2.26. The minimum absolute atomic E-state index is 0.159. The molecule has 0 atom stereocenters. The Labute approximate surface area is 178 Å². The van der Waals surface area contributed by atoms with Crippen LogP contribution in [0.25, 0.3) is 6.08 Å². The Hall–Kier alpha value is -3.28. The molecular formula is C19H14IN3O6. The lowest BCUT2D eigenvalue weighted by atomic mass is 10.0. The molecule has 3 rings (SSSR count). The number of benzene rings is 2. The zero-order valence-electron chi connectivity index (χ0n) is 15.2. The molecule has 4 amide bonds. The van der Waals surface area contributed by atoms with Gasteiger partial charge in [0.1, 0.15) is 5.57 Å². The molecule has 0 aromatic heterocycles. The van der Waals surface area contributed by atoms with Crippen molar-refractivity contribution in [1.82, 2.24) is 5.32 Å². The molecule has 1 aliphatic heterocycles. The third kappa shape index (κ3) is 3.83. The van der Waals surface area contributed by atoms with E-state index in [1.807, 2.05) is 13.8 Å². The van der Waals surface area contributed by atoms with Crippen molar-refractivity contribution in [3.63, 3.8) is 0 Å². The number of halogens is 1. The maximum atomic E-state index is 12.9. The summed E-state index contributed by atoms with van der Waals surface area (Å²) in [4.78, 5) is 48.6. The van der Waals surface area contributed by atoms with Gasteiger partial charge in [0.25, 0.3) is 11.8 Å². The van der Waals surface area contributed by atoms with Crippen LogP contribution in [0.15, 0.2) is 35.9 Å². The average Bonchev–Trinajstić information content (AvgIpc) is 2.63. The van der Waals surface area contributed by atoms with E-state index in [1.54, 1.807) is 40.8 Å². The number of barbiturate groups is 1. The summed E-state index contributed by atoms with van der Waals surface area (Å²) in [5.74, 6) is -2.28. The van der Waals surface area contributed by atoms with Crippen LogP contribution < -0.4 is 10.2 Å². The second kappa shape index (κ2) is 7.62. The summed E-state index contributed by atoms with van der Waals surface area (Å²) in [5.41, 5.74) is 1.35. The van der Waals surface area contributed by atoms with Crippen LogP contribution in [0.2, 0.25) is 0 Å². The van der Waals surface area contributed by atoms with Crippen molar-refractivity contribution >= 4 is 57.9 Å². The number of carbonyl (C=O) groups is 3. The lowest BCUT2D eigenvalue weighted by molar-refractivity contribution is -0.386. The van der Waals surface area contributed by atoms with Gasteiger partial charge in [-0.25, -0.2) is 9.69 Å². The summed E-state index contributed by atoms with van der Waals surface area (Å²) >= 11 is 1.70. The van der Waals surface area contributed by atoms with Crippen LogP contribution >= 0.6 is 22.6 Å². The van der Waals surface area contributed by atoms with E-state index >= 15 is 0 Å². The van der Waals surface area contributed by atoms with Gasteiger partial charge < -0.3 is 5.11 Å². The highest BCUT2D eigenvalue weighted by atomic mass is 127. The minimum Gasteiger partial charge on any atom is -0.501 e. The summed E-state index contributed by atoms with van der Waals surface area (Å²) in [5, 5.41) is 23.0. The first-order valence-electron chi connectivity index (χ1n) is 8.25. The van der Waals surface area contributed by atoms with Gasteiger partial charge >= 0.3 is 11.7 Å². The molecule has 9 nitrogen and oxygen atoms in total. The van der Waals surface area contributed by atoms with Gasteiger partial charge in [-0.05, 0) is 77.4 Å². The molecule has 10 heteroatoms. The van der Waals surface area contributed by atoms with E-state index in [9.17, 15) is 29.6 Å². The molecule has 1 aliphatic rings. The number of anilines is 1. The number of aromatic hydroxyl groups is 1. The molecule has 1 fully saturated rings. The van der Waals surface area contributed by atoms with Crippen LogP contribution in [0.5, 0.6) is 5.75 Å². The van der Waals surface area contributed by atoms with Gasteiger partial charge in [0.15, 0.2) is 0 Å². The van der Waals surface area contributed by atoms with Gasteiger partial charge in [-0.15, -0.1) is 0 Å². The van der Waals surface area contributed by atoms with Crippen LogP contribution in [0.3, 0.4) is 0 Å². The second-order valence-corrected chi connectivity index (χ2v) is 7.52. The number of rotatable bonds is 3. The summed E-state index contributed by atoms with van der Waals surface area (Å²) in [6, 6.07) is 6.52. The number of urea groups is 1. The molecule has 2 N–H and O–H groups in total. The van der Waals surface area contributed by atoms with Crippen molar-refractivity contribution in [2.75, 3.05) is 4.90 Å². The second-order valence-electron chi connectivity index (χ2n) is 6.35. The van der Waals surface area contributed by atoms with Crippen LogP contribution in [0, 0.1) is 27.5 Å². The van der Waals surface area contributed by atoms with Crippen LogP contribution in [-0.2, 0) is 9.59 Å². The standard InChI is InChI=1S/C19H14IN3O6/c1-9-3-4-12(5-10(9)2)22-18(26)13(17(25)21-19(22)27)6-11-7-14(20)16(24)15(8-11)23(28)29/h3-8,24H,1-2H3,(H,21,25,27)/b13-6+. The number of imide groups is 2. The van der Waals surface area contributed by atoms with Gasteiger partial charge in [0.05, 0.1) is 14.2 Å². The Balaban J connectivity index is 2.08. The molecule has 148 valence electrons. The van der Waals surface area contributed by atoms with Crippen molar-refractivity contribution in [2.24, 2.45) is 0 Å². The predicted molar refractivity (Wildman–Crippen MR) is 112 cm³/mol. The first-order valence-corrected chi connectivity index (χ1v) is 9.33. The SMILES string of the molecule is Cc1ccc(N2C(=O)NC(=O)/C(=C\c3cc(I)c(O)c([N+](=O)[O-])c3)C2=O)cc1C. The maximum absolute atomic E-state index is 12.9. The number of phenolic OH excluding ortho intramolecular Hbond substituents is 1. The van der Waals surface area contributed by atoms with Crippen molar-refractivity contribution in [3.8, 4) is 5.75 Å². The number of nitrogens with one attached hydrogen (secondary N) is 1. The molecule has 2 aromatic rings. The fraction of sp³-hybridized carbons (Fsp3) is 0.105. The van der Waals surface area contributed by atoms with Crippen molar-refractivity contribution in [3.05, 3.63) is 66.3 Å². The van der Waals surface area contributed by atoms with Gasteiger partial charge in [-0.3, -0.25) is 25.0 Å². The van der Waals surface area contributed by atoms with E-state index in [-0.39, 0.29) is 14.7 Å². The fourth-order valence-corrected chi connectivity index (χ4v) is 3.39. The normalized spacial score (nSPS) is 15.6. The molecule has 0 saturated carbocycles. The molecule has 0 aliphatic carbocycles. The Morgan fingerprint density at radius 3 is 2.45 bits per heavy atom. The summed E-state index contributed by atoms with van der Waals surface area (Å²) < 4.78 is 0.175. The summed E-state index contributed by atoms with van der Waals surface area (Å²) in [7, 11) is 0. The molecule has 0 unspecified atom stereocenters. The zero-order valence-corrected chi connectivity index (χ0v) is 17.4. The van der Waals surface area contributed by atoms with Gasteiger partial charge in [-0.2, -0.15) is 0 Å². The number of hydrogen-bond donors (Lipinski definition) is 2.